The van der Waals surface area contributed by atoms with E-state index in [-0.39, 0.29) is 47.7 Å². The molecule has 204 valence electrons. The van der Waals surface area contributed by atoms with Gasteiger partial charge in [-0.3, -0.25) is 24.1 Å². The number of nitrogens with zero attached hydrogens (tertiary/aromatic N) is 2. The van der Waals surface area contributed by atoms with Gasteiger partial charge in [-0.25, -0.2) is 0 Å². The molecular formula is C26H32N4O8. The smallest absolute Gasteiger partial charge is 0.255 e. The van der Waals surface area contributed by atoms with Crippen LogP contribution in [0.3, 0.4) is 0 Å². The van der Waals surface area contributed by atoms with E-state index in [1.54, 1.807) is 39.2 Å². The van der Waals surface area contributed by atoms with E-state index in [2.05, 4.69) is 5.32 Å². The summed E-state index contributed by atoms with van der Waals surface area (Å²) in [6.07, 6.45) is 0.173. The first kappa shape index (κ1) is 27.1. The van der Waals surface area contributed by atoms with Crippen LogP contribution in [0, 0.1) is 11.8 Å². The molecule has 12 heteroatoms. The number of ketones is 3. The van der Waals surface area contributed by atoms with Crippen molar-refractivity contribution in [1.82, 2.24) is 4.90 Å². The number of nitrogens with two attached hydrogens (primary N) is 1. The average molecular weight is 529 g/mol. The quantitative estimate of drug-likeness (QED) is 0.215. The van der Waals surface area contributed by atoms with E-state index < -0.39 is 58.0 Å². The van der Waals surface area contributed by atoms with Crippen molar-refractivity contribution >= 4 is 40.4 Å². The van der Waals surface area contributed by atoms with Gasteiger partial charge >= 0.3 is 0 Å². The molecule has 38 heavy (non-hydrogen) atoms. The van der Waals surface area contributed by atoms with Crippen molar-refractivity contribution in [2.24, 2.45) is 17.6 Å². The fourth-order valence-corrected chi connectivity index (χ4v) is 6.05. The molecule has 1 aromatic rings. The topological polar surface area (TPSA) is 194 Å². The predicted octanol–water partition coefficient (Wildman–Crippen LogP) is 0.0309. The molecule has 12 nitrogen and oxygen atoms in total. The van der Waals surface area contributed by atoms with Crippen molar-refractivity contribution < 1.29 is 39.6 Å². The van der Waals surface area contributed by atoms with Crippen molar-refractivity contribution in [1.29, 1.82) is 0 Å². The number of phenols is 1. The van der Waals surface area contributed by atoms with Crippen LogP contribution < -0.4 is 16.0 Å². The van der Waals surface area contributed by atoms with Gasteiger partial charge in [0.2, 0.25) is 5.78 Å². The summed E-state index contributed by atoms with van der Waals surface area (Å²) in [6.45, 7) is 1.28. The van der Waals surface area contributed by atoms with Crippen molar-refractivity contribution in [2.45, 2.75) is 31.4 Å². The maximum atomic E-state index is 13.9. The Morgan fingerprint density at radius 2 is 1.79 bits per heavy atom. The van der Waals surface area contributed by atoms with Crippen LogP contribution in [-0.4, -0.2) is 95.0 Å². The number of carbonyl (C=O) groups is 4. The monoisotopic (exact) mass is 528 g/mol. The minimum absolute atomic E-state index is 0.00370. The number of rotatable bonds is 6. The lowest BCUT2D eigenvalue weighted by Gasteiger charge is -2.50. The summed E-state index contributed by atoms with van der Waals surface area (Å²) in [6, 6.07) is 0.490. The molecule has 0 aliphatic heterocycles. The summed E-state index contributed by atoms with van der Waals surface area (Å²) in [5.41, 5.74) is 2.81. The number of aliphatic hydroxyl groups is 3. The number of hydrogen-bond acceptors (Lipinski definition) is 11. The van der Waals surface area contributed by atoms with Crippen molar-refractivity contribution in [3.8, 4) is 5.75 Å². The highest BCUT2D eigenvalue weighted by molar-refractivity contribution is 6.24. The second-order valence-corrected chi connectivity index (χ2v) is 10.6. The molecule has 4 rings (SSSR count). The number of fused-ring (bicyclic) bond motifs is 3. The maximum absolute atomic E-state index is 13.9. The SMILES string of the molecule is CC(=O)CNc1cc(N(C)C)c2c(c1O)C(O)=C1C(=O)[C@]3(O)C(O)=C(C(N)=O)C(=O)[C@@H](N(C)C)C3CC1C2. The Kier molecular flexibility index (Phi) is 6.53. The number of amides is 1. The summed E-state index contributed by atoms with van der Waals surface area (Å²) >= 11 is 0. The first-order valence-corrected chi connectivity index (χ1v) is 12.1. The number of primary amides is 1. The third-order valence-electron chi connectivity index (χ3n) is 7.71. The molecule has 1 fully saturated rings. The zero-order chi connectivity index (χ0) is 28.4. The molecular weight excluding hydrogens is 496 g/mol. The number of benzene rings is 1. The van der Waals surface area contributed by atoms with Gasteiger partial charge in [0.05, 0.1) is 23.8 Å². The van der Waals surface area contributed by atoms with E-state index in [1.807, 2.05) is 0 Å². The van der Waals surface area contributed by atoms with E-state index in [0.717, 1.165) is 0 Å². The Hall–Kier alpha value is -3.90. The number of Topliss-reactive ketones (excluding diaryl/α,β-unsaturated/α-hetero) is 3. The fourth-order valence-electron chi connectivity index (χ4n) is 6.05. The zero-order valence-corrected chi connectivity index (χ0v) is 21.8. The normalized spacial score (nSPS) is 26.7. The second-order valence-electron chi connectivity index (χ2n) is 10.6. The summed E-state index contributed by atoms with van der Waals surface area (Å²) < 4.78 is 0. The molecule has 0 aromatic heterocycles. The molecule has 2 unspecified atom stereocenters. The highest BCUT2D eigenvalue weighted by atomic mass is 16.3. The van der Waals surface area contributed by atoms with Gasteiger partial charge in [-0.05, 0) is 51.4 Å². The largest absolute Gasteiger partial charge is 0.508 e. The Labute approximate surface area is 219 Å². The first-order chi connectivity index (χ1) is 17.6. The third kappa shape index (κ3) is 3.74. The number of anilines is 2. The first-order valence-electron chi connectivity index (χ1n) is 12.1. The van der Waals surface area contributed by atoms with Crippen LogP contribution in [0.1, 0.15) is 24.5 Å². The van der Waals surface area contributed by atoms with Gasteiger partial charge in [-0.15, -0.1) is 0 Å². The molecule has 0 radical (unpaired) electrons. The van der Waals surface area contributed by atoms with Gasteiger partial charge in [-0.1, -0.05) is 0 Å². The third-order valence-corrected chi connectivity index (χ3v) is 7.71. The summed E-state index contributed by atoms with van der Waals surface area (Å²) in [4.78, 5) is 53.9. The van der Waals surface area contributed by atoms with Crippen LogP contribution in [0.4, 0.5) is 11.4 Å². The number of likely N-dealkylation sites (N-methyl/N-ethyl adjacent to an activating group) is 1. The molecule has 0 saturated heterocycles. The van der Waals surface area contributed by atoms with Crippen LogP contribution in [0.25, 0.3) is 5.76 Å². The van der Waals surface area contributed by atoms with E-state index in [9.17, 15) is 39.6 Å². The standard InChI is InChI=1S/C26H32N4O8/c1-10(31)9-28-14-8-15(29(2)3)12-6-11-7-13-19(30(4)5)22(34)18(25(27)37)24(36)26(13,38)23(35)16(11)21(33)17(12)20(14)32/h8,11,13,19,28,32-33,36,38H,6-7,9H2,1-5H3,(H2,27,37)/t11?,13?,19-,26-/m0/s1. The van der Waals surface area contributed by atoms with Gasteiger partial charge in [0.25, 0.3) is 5.91 Å². The van der Waals surface area contributed by atoms with Crippen LogP contribution in [-0.2, 0) is 25.6 Å². The van der Waals surface area contributed by atoms with Crippen molar-refractivity contribution in [3.05, 3.63) is 34.1 Å². The van der Waals surface area contributed by atoms with Gasteiger partial charge in [-0.2, -0.15) is 0 Å². The van der Waals surface area contributed by atoms with Gasteiger partial charge in [0, 0.05) is 31.3 Å². The molecule has 1 saturated carbocycles. The van der Waals surface area contributed by atoms with Crippen molar-refractivity contribution in [2.75, 3.05) is 45.0 Å². The summed E-state index contributed by atoms with van der Waals surface area (Å²) in [5, 5.41) is 47.9. The number of hydrogen-bond donors (Lipinski definition) is 6. The summed E-state index contributed by atoms with van der Waals surface area (Å²) in [5.74, 6) is -7.29. The minimum atomic E-state index is -2.70. The number of aliphatic hydroxyl groups excluding tert-OH is 2. The van der Waals surface area contributed by atoms with Gasteiger partial charge in [0.1, 0.15) is 28.6 Å². The Morgan fingerprint density at radius 1 is 1.16 bits per heavy atom. The lowest BCUT2D eigenvalue weighted by Crippen LogP contribution is -2.65. The Bertz CT molecular complexity index is 1340. The minimum Gasteiger partial charge on any atom is -0.508 e. The highest BCUT2D eigenvalue weighted by Gasteiger charge is 2.64. The van der Waals surface area contributed by atoms with Crippen LogP contribution >= 0.6 is 0 Å². The molecule has 1 aromatic carbocycles. The number of phenolic OH excluding ortho intramolecular Hbond substituents is 1. The van der Waals surface area contributed by atoms with Crippen LogP contribution in [0.15, 0.2) is 23.0 Å². The molecule has 4 atom stereocenters. The van der Waals surface area contributed by atoms with Crippen molar-refractivity contribution in [3.63, 3.8) is 0 Å². The zero-order valence-electron chi connectivity index (χ0n) is 21.8. The molecule has 3 aliphatic carbocycles. The molecule has 0 spiro atoms. The Balaban J connectivity index is 1.97. The van der Waals surface area contributed by atoms with Gasteiger partial charge < -0.3 is 36.4 Å². The predicted molar refractivity (Wildman–Crippen MR) is 138 cm³/mol. The lowest BCUT2D eigenvalue weighted by molar-refractivity contribution is -0.153. The number of aromatic hydroxyl groups is 1. The van der Waals surface area contributed by atoms with E-state index in [1.165, 1.54) is 11.8 Å². The molecule has 0 bridgehead atoms. The van der Waals surface area contributed by atoms with E-state index in [4.69, 9.17) is 5.73 Å². The number of nitrogens with one attached hydrogen (secondary N) is 1. The van der Waals surface area contributed by atoms with Crippen LogP contribution in [0.5, 0.6) is 5.75 Å². The fraction of sp³-hybridized carbons (Fsp3) is 0.462. The highest BCUT2D eigenvalue weighted by Crippen LogP contribution is 2.54. The lowest BCUT2D eigenvalue weighted by atomic mass is 9.57. The second kappa shape index (κ2) is 9.14. The average Bonchev–Trinajstić information content (AvgIpc) is 2.80. The van der Waals surface area contributed by atoms with E-state index in [0.29, 0.717) is 11.3 Å². The van der Waals surface area contributed by atoms with Crippen LogP contribution in [0.2, 0.25) is 0 Å². The molecule has 1 amide bonds. The number of carbonyl (C=O) groups excluding carboxylic acids is 4. The molecule has 0 heterocycles. The summed E-state index contributed by atoms with van der Waals surface area (Å²) in [7, 11) is 6.62. The molecule has 3 aliphatic rings. The van der Waals surface area contributed by atoms with Gasteiger partial charge in [0.15, 0.2) is 11.4 Å². The molecule has 7 N–H and O–H groups in total. The maximum Gasteiger partial charge on any atom is 0.255 e. The Morgan fingerprint density at radius 3 is 2.32 bits per heavy atom. The van der Waals surface area contributed by atoms with E-state index >= 15 is 0 Å².